The lowest BCUT2D eigenvalue weighted by Crippen LogP contribution is -2.81. The quantitative estimate of drug-likeness (QED) is 0.209. The highest BCUT2D eigenvalue weighted by Gasteiger charge is 2.78. The molecule has 0 radical (unpaired) electrons. The van der Waals surface area contributed by atoms with Crippen LogP contribution in [-0.4, -0.2) is 64.4 Å². The zero-order valence-corrected chi connectivity index (χ0v) is 30.6. The van der Waals surface area contributed by atoms with E-state index in [1.165, 1.54) is 0 Å². The summed E-state index contributed by atoms with van der Waals surface area (Å²) in [7, 11) is 2.16. The number of carbonyl (C=O) groups is 2. The summed E-state index contributed by atoms with van der Waals surface area (Å²) in [4.78, 5) is 27.6. The molecular weight excluding hydrogens is 603 g/mol. The number of hydrogen-bond donors (Lipinski definition) is 2. The van der Waals surface area contributed by atoms with E-state index in [0.717, 1.165) is 11.1 Å². The van der Waals surface area contributed by atoms with E-state index in [1.54, 1.807) is 24.3 Å². The first kappa shape index (κ1) is 35.5. The molecule has 2 N–H and O–H groups in total. The Balaban J connectivity index is 1.79. The first-order chi connectivity index (χ1) is 21.1. The van der Waals surface area contributed by atoms with Crippen molar-refractivity contribution in [3.05, 3.63) is 47.0 Å². The molecule has 10 atom stereocenters. The molecule has 1 heterocycles. The Morgan fingerprint density at radius 2 is 1.59 bits per heavy atom. The van der Waals surface area contributed by atoms with Crippen LogP contribution < -0.4 is 0 Å². The molecular formula is C37H55O8P. The summed E-state index contributed by atoms with van der Waals surface area (Å²) in [6.07, 6.45) is -2.66. The van der Waals surface area contributed by atoms with E-state index in [-0.39, 0.29) is 24.9 Å². The maximum atomic E-state index is 14.1. The molecule has 46 heavy (non-hydrogen) atoms. The molecule has 1 aromatic rings. The van der Waals surface area contributed by atoms with Crippen molar-refractivity contribution >= 4 is 21.4 Å². The van der Waals surface area contributed by atoms with Gasteiger partial charge in [0, 0.05) is 27.2 Å². The Hall–Kier alpha value is -1.83. The number of hydrogen-bond acceptors (Lipinski definition) is 8. The van der Waals surface area contributed by atoms with Crippen molar-refractivity contribution in [2.24, 2.45) is 39.4 Å². The average molecular weight is 659 g/mol. The fourth-order valence-electron chi connectivity index (χ4n) is 10.1. The van der Waals surface area contributed by atoms with Gasteiger partial charge in [0.15, 0.2) is 6.10 Å². The smallest absolute Gasteiger partial charge is 0.338 e. The van der Waals surface area contributed by atoms with Gasteiger partial charge in [-0.05, 0) is 59.1 Å². The number of carbonyl (C=O) groups excluding carboxylic acids is 2. The van der Waals surface area contributed by atoms with E-state index in [9.17, 15) is 19.8 Å². The van der Waals surface area contributed by atoms with Crippen LogP contribution in [0.1, 0.15) is 99.4 Å². The molecule has 0 amide bonds. The highest BCUT2D eigenvalue weighted by atomic mass is 31.0. The fourth-order valence-corrected chi connectivity index (χ4v) is 10.5. The van der Waals surface area contributed by atoms with Gasteiger partial charge in [0.1, 0.15) is 23.4 Å². The molecule has 0 aromatic heterocycles. The predicted octanol–water partition coefficient (Wildman–Crippen LogP) is 6.29. The third-order valence-electron chi connectivity index (χ3n) is 13.6. The van der Waals surface area contributed by atoms with Gasteiger partial charge >= 0.3 is 11.9 Å². The van der Waals surface area contributed by atoms with Crippen molar-refractivity contribution in [2.75, 3.05) is 6.61 Å². The van der Waals surface area contributed by atoms with Gasteiger partial charge in [0.05, 0.1) is 18.3 Å². The summed E-state index contributed by atoms with van der Waals surface area (Å²) in [5, 5.41) is 26.1. The van der Waals surface area contributed by atoms with Gasteiger partial charge < -0.3 is 28.9 Å². The molecule has 4 aliphatic rings. The molecule has 9 heteroatoms. The second-order valence-corrected chi connectivity index (χ2v) is 17.0. The van der Waals surface area contributed by atoms with E-state index in [4.69, 9.17) is 18.7 Å². The van der Waals surface area contributed by atoms with Crippen LogP contribution in [-0.2, 0) is 23.5 Å². The number of aliphatic hydroxyl groups is 2. The molecule has 1 saturated heterocycles. The maximum absolute atomic E-state index is 14.1. The van der Waals surface area contributed by atoms with Crippen LogP contribution in [0.25, 0.3) is 0 Å². The third-order valence-corrected chi connectivity index (χ3v) is 13.9. The molecule has 1 aromatic carbocycles. The van der Waals surface area contributed by atoms with Crippen LogP contribution in [0.5, 0.6) is 0 Å². The van der Waals surface area contributed by atoms with Crippen LogP contribution >= 0.6 is 9.47 Å². The number of esters is 2. The Bertz CT molecular complexity index is 1400. The lowest BCUT2D eigenvalue weighted by molar-refractivity contribution is -0.373. The van der Waals surface area contributed by atoms with Gasteiger partial charge in [-0.25, -0.2) is 9.59 Å². The highest BCUT2D eigenvalue weighted by Crippen LogP contribution is 2.74. The van der Waals surface area contributed by atoms with E-state index < -0.39 is 75.1 Å². The number of benzene rings is 1. The lowest BCUT2D eigenvalue weighted by Gasteiger charge is -2.74. The van der Waals surface area contributed by atoms with Crippen LogP contribution in [0.2, 0.25) is 0 Å². The van der Waals surface area contributed by atoms with Gasteiger partial charge in [-0.2, -0.15) is 0 Å². The molecule has 3 fully saturated rings. The van der Waals surface area contributed by atoms with E-state index in [2.05, 4.69) is 51.0 Å². The Morgan fingerprint density at radius 1 is 0.978 bits per heavy atom. The molecule has 2 bridgehead atoms. The summed E-state index contributed by atoms with van der Waals surface area (Å²) >= 11 is 0. The largest absolute Gasteiger partial charge is 0.456 e. The molecule has 1 aliphatic heterocycles. The Labute approximate surface area is 277 Å². The zero-order chi connectivity index (χ0) is 34.4. The highest BCUT2D eigenvalue weighted by molar-refractivity contribution is 7.09. The Morgan fingerprint density at radius 3 is 2.11 bits per heavy atom. The van der Waals surface area contributed by atoms with Crippen molar-refractivity contribution in [3.8, 4) is 0 Å². The molecule has 2 saturated carbocycles. The van der Waals surface area contributed by atoms with E-state index in [0.29, 0.717) is 12.0 Å². The predicted molar refractivity (Wildman–Crippen MR) is 179 cm³/mol. The normalized spacial score (nSPS) is 39.6. The van der Waals surface area contributed by atoms with Crippen molar-refractivity contribution in [1.82, 2.24) is 0 Å². The minimum atomic E-state index is -1.74. The van der Waals surface area contributed by atoms with Gasteiger partial charge in [-0.1, -0.05) is 93.0 Å². The first-order valence-electron chi connectivity index (χ1n) is 16.7. The molecule has 256 valence electrons. The van der Waals surface area contributed by atoms with Crippen LogP contribution in [0.15, 0.2) is 41.5 Å². The van der Waals surface area contributed by atoms with Crippen molar-refractivity contribution in [3.63, 3.8) is 0 Å². The SMILES string of the molecule is CC1=C2[C@@H](C)C(C)(C)[C@@]3(C)C(C(OC(=O)c4ccccc4)C(O)(CC1OC(=O)C(OP)C(C)C)C2(C)C)C1(O)COC1CC3(C)C. The molecule has 3 aliphatic carbocycles. The van der Waals surface area contributed by atoms with Gasteiger partial charge in [0.2, 0.25) is 0 Å². The number of fused-ring (bicyclic) bond motifs is 5. The second-order valence-electron chi connectivity index (χ2n) is 16.8. The van der Waals surface area contributed by atoms with Gasteiger partial charge in [0.25, 0.3) is 0 Å². The molecule has 8 unspecified atom stereocenters. The minimum absolute atomic E-state index is 0.0166. The summed E-state index contributed by atoms with van der Waals surface area (Å²) in [5.74, 6) is -2.07. The van der Waals surface area contributed by atoms with Gasteiger partial charge in [-0.15, -0.1) is 0 Å². The van der Waals surface area contributed by atoms with E-state index in [1.807, 2.05) is 40.7 Å². The summed E-state index contributed by atoms with van der Waals surface area (Å²) in [5.41, 5.74) is -3.37. The third kappa shape index (κ3) is 4.71. The molecule has 8 nitrogen and oxygen atoms in total. The standard InChI is InChI=1S/C37H55O8P/c1-20(2)27(45-46)31(39)43-24-17-37(41)29(44-30(38)23-15-13-12-14-16-23)28-35(11,32(5,6)18-25-36(28,40)19-42-25)33(7,8)22(4)26(21(24)3)34(37,9)10/h12-16,20,22,24-25,27-29,40-41H,17-19,46H2,1-11H3/t22-,24?,25?,27?,28?,29?,35+,36?,37?/m1/s1. The van der Waals surface area contributed by atoms with Gasteiger partial charge in [-0.3, -0.25) is 0 Å². The van der Waals surface area contributed by atoms with Crippen molar-refractivity contribution in [2.45, 2.75) is 125 Å². The summed E-state index contributed by atoms with van der Waals surface area (Å²) < 4.78 is 24.3. The summed E-state index contributed by atoms with van der Waals surface area (Å²) in [6.45, 7) is 23.1. The van der Waals surface area contributed by atoms with Crippen LogP contribution in [0.4, 0.5) is 0 Å². The first-order valence-corrected chi connectivity index (χ1v) is 17.2. The van der Waals surface area contributed by atoms with Crippen molar-refractivity contribution in [1.29, 1.82) is 0 Å². The minimum Gasteiger partial charge on any atom is -0.456 e. The fraction of sp³-hybridized carbons (Fsp3) is 0.730. The van der Waals surface area contributed by atoms with Crippen molar-refractivity contribution < 1.29 is 38.5 Å². The lowest BCUT2D eigenvalue weighted by atomic mass is 9.34. The molecule has 0 spiro atoms. The second kappa shape index (κ2) is 11.4. The molecule has 5 rings (SSSR count). The topological polar surface area (TPSA) is 112 Å². The van der Waals surface area contributed by atoms with Crippen LogP contribution in [0.3, 0.4) is 0 Å². The Kier molecular flexibility index (Phi) is 8.77. The zero-order valence-electron chi connectivity index (χ0n) is 29.5. The van der Waals surface area contributed by atoms with E-state index >= 15 is 0 Å². The van der Waals surface area contributed by atoms with Crippen LogP contribution in [0, 0.1) is 39.4 Å². The average Bonchev–Trinajstić information content (AvgIpc) is 2.96. The summed E-state index contributed by atoms with van der Waals surface area (Å²) in [6, 6.07) is 8.76. The maximum Gasteiger partial charge on any atom is 0.338 e. The number of ether oxygens (including phenoxy) is 3. The monoisotopic (exact) mass is 658 g/mol. The number of rotatable bonds is 6.